The molecular formula is C27H29N3O5S. The van der Waals surface area contributed by atoms with E-state index < -0.39 is 21.2 Å². The topological polar surface area (TPSA) is 122 Å². The fraction of sp³-hybridized carbons (Fsp3) is 0.296. The average molecular weight is 508 g/mol. The molecule has 9 heteroatoms. The van der Waals surface area contributed by atoms with Crippen LogP contribution in [0.3, 0.4) is 0 Å². The number of benzene rings is 3. The molecular weight excluding hydrogens is 478 g/mol. The summed E-state index contributed by atoms with van der Waals surface area (Å²) >= 11 is 0. The van der Waals surface area contributed by atoms with Gasteiger partial charge in [0.1, 0.15) is 22.5 Å². The minimum atomic E-state index is -3.76. The van der Waals surface area contributed by atoms with Crippen molar-refractivity contribution in [1.29, 1.82) is 0 Å². The van der Waals surface area contributed by atoms with Crippen molar-refractivity contribution < 1.29 is 23.4 Å². The number of sulfone groups is 1. The van der Waals surface area contributed by atoms with Gasteiger partial charge in [-0.1, -0.05) is 52.8 Å². The number of rotatable bonds is 6. The summed E-state index contributed by atoms with van der Waals surface area (Å²) in [6.45, 7) is 10.1. The SMILES string of the molecule is CC(C)(C)CC(C)(C)c1cc(C(=O)O)cc(-n2nc3ccc(S(=O)(=O)c4ccccc4)cc3n2)c1O. The van der Waals surface area contributed by atoms with E-state index in [1.807, 2.05) is 13.8 Å². The van der Waals surface area contributed by atoms with E-state index in [0.29, 0.717) is 23.0 Å². The van der Waals surface area contributed by atoms with Crippen LogP contribution in [0.4, 0.5) is 0 Å². The molecule has 0 amide bonds. The summed E-state index contributed by atoms with van der Waals surface area (Å²) in [7, 11) is -3.76. The fourth-order valence-corrected chi connectivity index (χ4v) is 6.04. The van der Waals surface area contributed by atoms with Crippen LogP contribution in [0.15, 0.2) is 70.5 Å². The van der Waals surface area contributed by atoms with E-state index in [1.54, 1.807) is 18.2 Å². The summed E-state index contributed by atoms with van der Waals surface area (Å²) < 4.78 is 26.1. The first kappa shape index (κ1) is 25.4. The minimum absolute atomic E-state index is 0.00603. The van der Waals surface area contributed by atoms with Gasteiger partial charge in [-0.15, -0.1) is 15.0 Å². The third-order valence-corrected chi connectivity index (χ3v) is 7.74. The number of nitrogens with zero attached hydrogens (tertiary/aromatic N) is 3. The van der Waals surface area contributed by atoms with Crippen LogP contribution in [0, 0.1) is 5.41 Å². The molecule has 36 heavy (non-hydrogen) atoms. The molecule has 0 unspecified atom stereocenters. The second-order valence-electron chi connectivity index (χ2n) is 10.8. The molecule has 8 nitrogen and oxygen atoms in total. The maximum absolute atomic E-state index is 13.0. The van der Waals surface area contributed by atoms with Crippen LogP contribution in [0.5, 0.6) is 5.75 Å². The number of carbonyl (C=O) groups is 1. The van der Waals surface area contributed by atoms with Crippen LogP contribution < -0.4 is 0 Å². The third kappa shape index (κ3) is 4.83. The molecule has 0 fully saturated rings. The molecule has 2 N–H and O–H groups in total. The summed E-state index contributed by atoms with van der Waals surface area (Å²) in [6, 6.07) is 15.3. The quantitative estimate of drug-likeness (QED) is 0.360. The molecule has 0 aliphatic carbocycles. The Morgan fingerprint density at radius 3 is 2.14 bits per heavy atom. The smallest absolute Gasteiger partial charge is 0.335 e. The van der Waals surface area contributed by atoms with Gasteiger partial charge in [0.2, 0.25) is 9.84 Å². The molecule has 0 aliphatic heterocycles. The number of fused-ring (bicyclic) bond motifs is 1. The molecule has 0 saturated heterocycles. The standard InChI is InChI=1S/C27H29N3O5S/c1-26(2,3)16-27(4,5)20-13-17(25(32)33)14-23(24(20)31)30-28-21-12-11-19(15-22(21)29-30)36(34,35)18-9-7-6-8-10-18/h6-15,31H,16H2,1-5H3,(H,32,33). The number of hydrogen-bond acceptors (Lipinski definition) is 6. The van der Waals surface area contributed by atoms with Crippen molar-refractivity contribution in [3.63, 3.8) is 0 Å². The molecule has 0 aliphatic rings. The summed E-state index contributed by atoms with van der Waals surface area (Å²) in [5, 5.41) is 29.8. The Morgan fingerprint density at radius 1 is 0.889 bits per heavy atom. The number of carboxylic acids is 1. The molecule has 0 radical (unpaired) electrons. The lowest BCUT2D eigenvalue weighted by molar-refractivity contribution is 0.0696. The Hall–Kier alpha value is -3.72. The maximum Gasteiger partial charge on any atom is 0.335 e. The summed E-state index contributed by atoms with van der Waals surface area (Å²) in [5.41, 5.74) is 0.644. The number of aromatic hydroxyl groups is 1. The second-order valence-corrected chi connectivity index (χ2v) is 12.7. The van der Waals surface area contributed by atoms with E-state index in [-0.39, 0.29) is 32.2 Å². The Kier molecular flexibility index (Phi) is 6.16. The van der Waals surface area contributed by atoms with Crippen molar-refractivity contribution in [1.82, 2.24) is 15.0 Å². The molecule has 4 aromatic rings. The first-order valence-electron chi connectivity index (χ1n) is 11.5. The lowest BCUT2D eigenvalue weighted by atomic mass is 9.71. The van der Waals surface area contributed by atoms with Gasteiger partial charge in [0.25, 0.3) is 0 Å². The third-order valence-electron chi connectivity index (χ3n) is 5.97. The molecule has 3 aromatic carbocycles. The molecule has 0 saturated carbocycles. The summed E-state index contributed by atoms with van der Waals surface area (Å²) in [6.07, 6.45) is 0.686. The highest BCUT2D eigenvalue weighted by molar-refractivity contribution is 7.91. The first-order valence-corrected chi connectivity index (χ1v) is 13.0. The van der Waals surface area contributed by atoms with Gasteiger partial charge in [-0.2, -0.15) is 0 Å². The van der Waals surface area contributed by atoms with Crippen molar-refractivity contribution in [2.24, 2.45) is 5.41 Å². The van der Waals surface area contributed by atoms with E-state index >= 15 is 0 Å². The van der Waals surface area contributed by atoms with Gasteiger partial charge in [-0.25, -0.2) is 13.2 Å². The minimum Gasteiger partial charge on any atom is -0.505 e. The average Bonchev–Trinajstić information content (AvgIpc) is 3.21. The summed E-state index contributed by atoms with van der Waals surface area (Å²) in [5.74, 6) is -1.26. The van der Waals surface area contributed by atoms with Crippen LogP contribution >= 0.6 is 0 Å². The Bertz CT molecular complexity index is 1570. The molecule has 1 aromatic heterocycles. The number of carboxylic acid groups (broad SMARTS) is 1. The Balaban J connectivity index is 1.86. The molecule has 188 valence electrons. The maximum atomic E-state index is 13.0. The van der Waals surface area contributed by atoms with Crippen molar-refractivity contribution in [2.75, 3.05) is 0 Å². The van der Waals surface area contributed by atoms with E-state index in [0.717, 1.165) is 4.80 Å². The van der Waals surface area contributed by atoms with Crippen LogP contribution in [-0.2, 0) is 15.3 Å². The van der Waals surface area contributed by atoms with Crippen molar-refractivity contribution in [2.45, 2.75) is 56.2 Å². The molecule has 0 atom stereocenters. The predicted molar refractivity (Wildman–Crippen MR) is 136 cm³/mol. The monoisotopic (exact) mass is 507 g/mol. The second kappa shape index (κ2) is 8.74. The normalized spacial score (nSPS) is 12.7. The Labute approximate surface area is 210 Å². The highest BCUT2D eigenvalue weighted by Crippen LogP contribution is 2.42. The van der Waals surface area contributed by atoms with Gasteiger partial charge in [0.15, 0.2) is 0 Å². The predicted octanol–water partition coefficient (Wildman–Crippen LogP) is 5.37. The first-order chi connectivity index (χ1) is 16.7. The zero-order valence-corrected chi connectivity index (χ0v) is 21.7. The van der Waals surface area contributed by atoms with Crippen LogP contribution in [0.2, 0.25) is 0 Å². The van der Waals surface area contributed by atoms with E-state index in [9.17, 15) is 23.4 Å². The lowest BCUT2D eigenvalue weighted by Crippen LogP contribution is -2.25. The number of aromatic carboxylic acids is 1. The lowest BCUT2D eigenvalue weighted by Gasteiger charge is -2.33. The number of hydrogen-bond donors (Lipinski definition) is 2. The number of aromatic nitrogens is 3. The zero-order chi connectivity index (χ0) is 26.5. The highest BCUT2D eigenvalue weighted by atomic mass is 32.2. The van der Waals surface area contributed by atoms with Crippen LogP contribution in [-0.4, -0.2) is 39.6 Å². The van der Waals surface area contributed by atoms with Gasteiger partial charge < -0.3 is 10.2 Å². The fourth-order valence-electron chi connectivity index (χ4n) is 4.74. The molecule has 4 rings (SSSR count). The van der Waals surface area contributed by atoms with E-state index in [1.165, 1.54) is 42.5 Å². The van der Waals surface area contributed by atoms with Gasteiger partial charge in [-0.3, -0.25) is 0 Å². The van der Waals surface area contributed by atoms with Crippen LogP contribution in [0.1, 0.15) is 57.0 Å². The van der Waals surface area contributed by atoms with Crippen LogP contribution in [0.25, 0.3) is 16.7 Å². The van der Waals surface area contributed by atoms with Gasteiger partial charge in [0.05, 0.1) is 15.4 Å². The largest absolute Gasteiger partial charge is 0.505 e. The van der Waals surface area contributed by atoms with Gasteiger partial charge in [-0.05, 0) is 59.7 Å². The molecule has 1 heterocycles. The molecule has 0 bridgehead atoms. The van der Waals surface area contributed by atoms with Crippen molar-refractivity contribution >= 4 is 26.8 Å². The zero-order valence-electron chi connectivity index (χ0n) is 20.8. The number of phenols is 1. The van der Waals surface area contributed by atoms with E-state index in [4.69, 9.17) is 0 Å². The van der Waals surface area contributed by atoms with Crippen molar-refractivity contribution in [3.8, 4) is 11.4 Å². The van der Waals surface area contributed by atoms with E-state index in [2.05, 4.69) is 31.0 Å². The number of phenolic OH excluding ortho intramolecular Hbond substituents is 1. The van der Waals surface area contributed by atoms with Gasteiger partial charge in [0, 0.05) is 5.56 Å². The molecule has 0 spiro atoms. The van der Waals surface area contributed by atoms with Crippen molar-refractivity contribution in [3.05, 3.63) is 71.8 Å². The van der Waals surface area contributed by atoms with Gasteiger partial charge >= 0.3 is 5.97 Å². The Morgan fingerprint density at radius 2 is 1.53 bits per heavy atom. The summed E-state index contributed by atoms with van der Waals surface area (Å²) in [4.78, 5) is 13.3. The highest BCUT2D eigenvalue weighted by Gasteiger charge is 2.32.